The van der Waals surface area contributed by atoms with Gasteiger partial charge >= 0.3 is 6.03 Å². The van der Waals surface area contributed by atoms with Gasteiger partial charge in [0.05, 0.1) is 12.0 Å². The van der Waals surface area contributed by atoms with Crippen LogP contribution in [0.4, 0.5) is 4.79 Å². The van der Waals surface area contributed by atoms with E-state index in [0.717, 1.165) is 12.8 Å². The van der Waals surface area contributed by atoms with Gasteiger partial charge in [0.1, 0.15) is 6.04 Å². The molecule has 0 saturated heterocycles. The van der Waals surface area contributed by atoms with Crippen molar-refractivity contribution < 1.29 is 24.0 Å². The molecule has 0 heterocycles. The normalized spacial score (nSPS) is 12.7. The monoisotopic (exact) mass is 611 g/mol. The Balaban J connectivity index is 4.45. The molecular weight excluding hydrogens is 574 g/mol. The molecular formula is C22H39Br2N5O5. The first-order valence-electron chi connectivity index (χ1n) is 11.6. The van der Waals surface area contributed by atoms with Crippen LogP contribution in [0.25, 0.3) is 0 Å². The SMILES string of the molecule is CC(=O)[C@H](CCCNC(N)=O)NC(=O)[C@@H](NC(=O)CCCCCNC(=O)C(CBr)CBr)C(C)C. The molecule has 0 bridgehead atoms. The molecule has 0 saturated carbocycles. The number of alkyl halides is 2. The molecule has 2 atom stereocenters. The molecule has 0 aromatic rings. The Morgan fingerprint density at radius 1 is 0.824 bits per heavy atom. The fourth-order valence-corrected chi connectivity index (χ4v) is 4.72. The van der Waals surface area contributed by atoms with Crippen LogP contribution in [0.3, 0.4) is 0 Å². The minimum atomic E-state index is -0.761. The quantitative estimate of drug-likeness (QED) is 0.118. The fourth-order valence-electron chi connectivity index (χ4n) is 3.06. The van der Waals surface area contributed by atoms with E-state index >= 15 is 0 Å². The Morgan fingerprint density at radius 2 is 1.44 bits per heavy atom. The first kappa shape index (κ1) is 32.3. The van der Waals surface area contributed by atoms with Crippen LogP contribution in [0.15, 0.2) is 0 Å². The maximum Gasteiger partial charge on any atom is 0.312 e. The van der Waals surface area contributed by atoms with Crippen molar-refractivity contribution in [3.8, 4) is 0 Å². The number of ketones is 1. The largest absolute Gasteiger partial charge is 0.356 e. The predicted molar refractivity (Wildman–Crippen MR) is 139 cm³/mol. The number of urea groups is 1. The van der Waals surface area contributed by atoms with E-state index < -0.39 is 24.0 Å². The lowest BCUT2D eigenvalue weighted by Crippen LogP contribution is -2.53. The third-order valence-corrected chi connectivity index (χ3v) is 6.73. The van der Waals surface area contributed by atoms with Crippen molar-refractivity contribution in [3.05, 3.63) is 0 Å². The van der Waals surface area contributed by atoms with Gasteiger partial charge in [-0.2, -0.15) is 0 Å². The maximum absolute atomic E-state index is 12.7. The number of primary amides is 1. The highest BCUT2D eigenvalue weighted by Crippen LogP contribution is 2.08. The highest BCUT2D eigenvalue weighted by molar-refractivity contribution is 9.09. The van der Waals surface area contributed by atoms with E-state index in [4.69, 9.17) is 5.73 Å². The molecule has 0 fully saturated rings. The van der Waals surface area contributed by atoms with E-state index in [1.54, 1.807) is 0 Å². The molecule has 0 rings (SSSR count). The van der Waals surface area contributed by atoms with Gasteiger partial charge in [-0.3, -0.25) is 19.2 Å². The van der Waals surface area contributed by atoms with Gasteiger partial charge in [0.15, 0.2) is 5.78 Å². The molecule has 0 aromatic heterocycles. The summed E-state index contributed by atoms with van der Waals surface area (Å²) in [6.45, 7) is 5.88. The summed E-state index contributed by atoms with van der Waals surface area (Å²) in [5, 5.41) is 12.0. The van der Waals surface area contributed by atoms with Crippen LogP contribution in [0.1, 0.15) is 59.3 Å². The summed E-state index contributed by atoms with van der Waals surface area (Å²) < 4.78 is 0. The number of nitrogens with two attached hydrogens (primary N) is 1. The van der Waals surface area contributed by atoms with E-state index in [-0.39, 0.29) is 35.9 Å². The first-order valence-corrected chi connectivity index (χ1v) is 13.8. The number of hydrogen-bond donors (Lipinski definition) is 5. The summed E-state index contributed by atoms with van der Waals surface area (Å²) in [4.78, 5) is 59.7. The minimum Gasteiger partial charge on any atom is -0.356 e. The summed E-state index contributed by atoms with van der Waals surface area (Å²) in [5.41, 5.74) is 5.01. The molecule has 0 aliphatic heterocycles. The Bertz CT molecular complexity index is 674. The second kappa shape index (κ2) is 18.6. The van der Waals surface area contributed by atoms with Gasteiger partial charge in [0.25, 0.3) is 0 Å². The Hall–Kier alpha value is -1.69. The van der Waals surface area contributed by atoms with Crippen molar-refractivity contribution in [2.24, 2.45) is 17.6 Å². The van der Waals surface area contributed by atoms with Crippen LogP contribution in [-0.2, 0) is 19.2 Å². The number of Topliss-reactive ketones (excluding diaryl/α,β-unsaturated/α-hetero) is 1. The maximum atomic E-state index is 12.7. The van der Waals surface area contributed by atoms with Crippen LogP contribution in [-0.4, -0.2) is 65.4 Å². The molecule has 0 aliphatic rings. The van der Waals surface area contributed by atoms with Gasteiger partial charge in [0, 0.05) is 30.2 Å². The van der Waals surface area contributed by atoms with E-state index in [1.165, 1.54) is 6.92 Å². The zero-order valence-electron chi connectivity index (χ0n) is 20.3. The van der Waals surface area contributed by atoms with Crippen LogP contribution in [0.5, 0.6) is 0 Å². The number of carbonyl (C=O) groups is 5. The predicted octanol–water partition coefficient (Wildman–Crippen LogP) is 1.73. The Morgan fingerprint density at radius 3 is 1.97 bits per heavy atom. The van der Waals surface area contributed by atoms with Crippen LogP contribution in [0, 0.1) is 11.8 Å². The number of amides is 5. The molecule has 12 heteroatoms. The highest BCUT2D eigenvalue weighted by Gasteiger charge is 2.27. The van der Waals surface area contributed by atoms with Gasteiger partial charge in [-0.1, -0.05) is 52.1 Å². The van der Waals surface area contributed by atoms with Crippen LogP contribution < -0.4 is 27.0 Å². The standard InChI is InChI=1S/C22H39Br2N5O5/c1-14(2)19(21(33)28-17(15(3)30)8-7-11-27-22(25)34)29-18(31)9-5-4-6-10-26-20(32)16(12-23)13-24/h14,16-17,19H,4-13H2,1-3H3,(H,26,32)(H,28,33)(H,29,31)(H3,25,27,34)/t17-,19-/m0/s1. The van der Waals surface area contributed by atoms with E-state index in [2.05, 4.69) is 53.1 Å². The molecule has 5 amide bonds. The van der Waals surface area contributed by atoms with E-state index in [1.807, 2.05) is 13.8 Å². The summed E-state index contributed by atoms with van der Waals surface area (Å²) in [6.07, 6.45) is 3.25. The van der Waals surface area contributed by atoms with Crippen molar-refractivity contribution in [1.29, 1.82) is 0 Å². The van der Waals surface area contributed by atoms with E-state index in [9.17, 15) is 24.0 Å². The minimum absolute atomic E-state index is 0.00900. The zero-order valence-corrected chi connectivity index (χ0v) is 23.4. The average Bonchev–Trinajstić information content (AvgIpc) is 2.76. The molecule has 0 radical (unpaired) electrons. The molecule has 10 nitrogen and oxygen atoms in total. The average molecular weight is 613 g/mol. The first-order chi connectivity index (χ1) is 16.0. The van der Waals surface area contributed by atoms with Gasteiger partial charge in [-0.05, 0) is 38.5 Å². The highest BCUT2D eigenvalue weighted by atomic mass is 79.9. The number of rotatable bonds is 18. The Kier molecular flexibility index (Phi) is 17.7. The van der Waals surface area contributed by atoms with Gasteiger partial charge < -0.3 is 27.0 Å². The smallest absolute Gasteiger partial charge is 0.312 e. The molecule has 34 heavy (non-hydrogen) atoms. The summed E-state index contributed by atoms with van der Waals surface area (Å²) in [6, 6.07) is -2.11. The van der Waals surface area contributed by atoms with Gasteiger partial charge in [-0.15, -0.1) is 0 Å². The van der Waals surface area contributed by atoms with E-state index in [0.29, 0.717) is 43.0 Å². The lowest BCUT2D eigenvalue weighted by atomic mass is 10.0. The van der Waals surface area contributed by atoms with Crippen molar-refractivity contribution >= 4 is 61.4 Å². The molecule has 196 valence electrons. The second-order valence-electron chi connectivity index (χ2n) is 8.50. The third-order valence-electron chi connectivity index (χ3n) is 5.16. The molecule has 0 aromatic carbocycles. The zero-order chi connectivity index (χ0) is 26.1. The molecule has 0 spiro atoms. The topological polar surface area (TPSA) is 159 Å². The lowest BCUT2D eigenvalue weighted by Gasteiger charge is -2.24. The van der Waals surface area contributed by atoms with Gasteiger partial charge in [0.2, 0.25) is 17.7 Å². The third kappa shape index (κ3) is 14.5. The van der Waals surface area contributed by atoms with Gasteiger partial charge in [-0.25, -0.2) is 4.79 Å². The van der Waals surface area contributed by atoms with Crippen molar-refractivity contribution in [1.82, 2.24) is 21.3 Å². The summed E-state index contributed by atoms with van der Waals surface area (Å²) >= 11 is 6.61. The van der Waals surface area contributed by atoms with Crippen molar-refractivity contribution in [2.75, 3.05) is 23.7 Å². The fraction of sp³-hybridized carbons (Fsp3) is 0.773. The number of carbonyl (C=O) groups excluding carboxylic acids is 5. The number of nitrogens with one attached hydrogen (secondary N) is 4. The summed E-state index contributed by atoms with van der Waals surface area (Å²) in [5.74, 6) is -1.14. The summed E-state index contributed by atoms with van der Waals surface area (Å²) in [7, 11) is 0. The number of halogens is 2. The molecule has 0 unspecified atom stereocenters. The molecule has 6 N–H and O–H groups in total. The molecule has 0 aliphatic carbocycles. The number of hydrogen-bond acceptors (Lipinski definition) is 5. The van der Waals surface area contributed by atoms with Crippen molar-refractivity contribution in [3.63, 3.8) is 0 Å². The number of unbranched alkanes of at least 4 members (excludes halogenated alkanes) is 2. The second-order valence-corrected chi connectivity index (χ2v) is 9.80. The lowest BCUT2D eigenvalue weighted by molar-refractivity contribution is -0.132. The van der Waals surface area contributed by atoms with Crippen LogP contribution >= 0.6 is 31.9 Å². The van der Waals surface area contributed by atoms with Crippen LogP contribution in [0.2, 0.25) is 0 Å². The Labute approximate surface area is 218 Å². The van der Waals surface area contributed by atoms with Crippen molar-refractivity contribution in [2.45, 2.75) is 71.4 Å².